The second-order valence-electron chi connectivity index (χ2n) is 4.44. The number of hydrogen-bond donors (Lipinski definition) is 4. The predicted octanol–water partition coefficient (Wildman–Crippen LogP) is -0.120. The van der Waals surface area contributed by atoms with E-state index in [4.69, 9.17) is 10.8 Å². The van der Waals surface area contributed by atoms with Crippen molar-refractivity contribution in [2.45, 2.75) is 12.3 Å². The van der Waals surface area contributed by atoms with E-state index in [2.05, 4.69) is 19.9 Å². The Balaban J connectivity index is 2.02. The van der Waals surface area contributed by atoms with Crippen molar-refractivity contribution in [2.75, 3.05) is 12.3 Å². The van der Waals surface area contributed by atoms with E-state index in [9.17, 15) is 4.79 Å². The lowest BCUT2D eigenvalue weighted by molar-refractivity contribution is 0.248. The maximum absolute atomic E-state index is 11.6. The van der Waals surface area contributed by atoms with Gasteiger partial charge in [-0.15, -0.1) is 0 Å². The van der Waals surface area contributed by atoms with Crippen molar-refractivity contribution in [3.05, 3.63) is 28.3 Å². The van der Waals surface area contributed by atoms with Crippen LogP contribution in [0, 0.1) is 5.92 Å². The molecule has 7 heteroatoms. The molecule has 18 heavy (non-hydrogen) atoms. The van der Waals surface area contributed by atoms with Crippen LogP contribution in [0.25, 0.3) is 11.2 Å². The third kappa shape index (κ3) is 1.68. The number of nitrogens with two attached hydrogens (primary N) is 1. The first-order chi connectivity index (χ1) is 8.67. The van der Waals surface area contributed by atoms with E-state index in [1.165, 1.54) is 0 Å². The molecule has 0 spiro atoms. The van der Waals surface area contributed by atoms with Crippen LogP contribution in [0.2, 0.25) is 0 Å². The van der Waals surface area contributed by atoms with Crippen LogP contribution in [0.4, 0.5) is 5.95 Å². The molecule has 0 bridgehead atoms. The van der Waals surface area contributed by atoms with Crippen molar-refractivity contribution < 1.29 is 5.11 Å². The molecule has 2 aromatic heterocycles. The topological polar surface area (TPSA) is 121 Å². The van der Waals surface area contributed by atoms with E-state index in [0.29, 0.717) is 17.0 Å². The lowest BCUT2D eigenvalue weighted by Crippen LogP contribution is -2.10. The number of H-pyrrole nitrogens is 2. The van der Waals surface area contributed by atoms with Gasteiger partial charge < -0.3 is 15.8 Å². The van der Waals surface area contributed by atoms with Crippen molar-refractivity contribution in [1.82, 2.24) is 19.9 Å². The van der Waals surface area contributed by atoms with E-state index in [1.54, 1.807) is 0 Å². The van der Waals surface area contributed by atoms with Crippen molar-refractivity contribution >= 4 is 17.1 Å². The quantitative estimate of drug-likeness (QED) is 0.551. The minimum atomic E-state index is -0.322. The number of aromatic nitrogens is 4. The number of rotatable bonds is 2. The van der Waals surface area contributed by atoms with Crippen LogP contribution in [0.15, 0.2) is 16.9 Å². The van der Waals surface area contributed by atoms with Crippen molar-refractivity contribution in [3.63, 3.8) is 0 Å². The fraction of sp³-hybridized carbons (Fsp3) is 0.364. The summed E-state index contributed by atoms with van der Waals surface area (Å²) in [7, 11) is 0. The molecule has 7 nitrogen and oxygen atoms in total. The SMILES string of the molecule is Nc1nc2nc([C@@H]3C=C[C@@H](CO)C3)[nH]c2c(=O)[nH]1. The lowest BCUT2D eigenvalue weighted by atomic mass is 10.0. The van der Waals surface area contributed by atoms with E-state index >= 15 is 0 Å². The molecule has 0 saturated heterocycles. The Kier molecular flexibility index (Phi) is 2.41. The summed E-state index contributed by atoms with van der Waals surface area (Å²) in [6.45, 7) is 0.124. The summed E-state index contributed by atoms with van der Waals surface area (Å²) in [6, 6.07) is 0. The zero-order valence-corrected chi connectivity index (χ0v) is 9.55. The molecule has 0 amide bonds. The zero-order chi connectivity index (χ0) is 12.7. The van der Waals surface area contributed by atoms with Gasteiger partial charge in [-0.1, -0.05) is 12.2 Å². The third-order valence-corrected chi connectivity index (χ3v) is 3.16. The first kappa shape index (κ1) is 11.0. The first-order valence-corrected chi connectivity index (χ1v) is 5.72. The predicted molar refractivity (Wildman–Crippen MR) is 66.0 cm³/mol. The summed E-state index contributed by atoms with van der Waals surface area (Å²) in [5.74, 6) is 0.970. The molecule has 2 atom stereocenters. The minimum Gasteiger partial charge on any atom is -0.396 e. The van der Waals surface area contributed by atoms with Crippen molar-refractivity contribution in [2.24, 2.45) is 5.92 Å². The Morgan fingerprint density at radius 3 is 2.94 bits per heavy atom. The number of fused-ring (bicyclic) bond motifs is 1. The fourth-order valence-electron chi connectivity index (χ4n) is 2.23. The number of aromatic amines is 2. The summed E-state index contributed by atoms with van der Waals surface area (Å²) in [5, 5.41) is 9.09. The summed E-state index contributed by atoms with van der Waals surface area (Å²) < 4.78 is 0. The monoisotopic (exact) mass is 247 g/mol. The van der Waals surface area contributed by atoms with Gasteiger partial charge in [-0.05, 0) is 6.42 Å². The highest BCUT2D eigenvalue weighted by molar-refractivity contribution is 5.70. The maximum atomic E-state index is 11.6. The first-order valence-electron chi connectivity index (χ1n) is 5.72. The van der Waals surface area contributed by atoms with Crippen LogP contribution >= 0.6 is 0 Å². The number of aliphatic hydroxyl groups excluding tert-OH is 1. The molecule has 0 unspecified atom stereocenters. The van der Waals surface area contributed by atoms with Gasteiger partial charge in [0.2, 0.25) is 5.95 Å². The van der Waals surface area contributed by atoms with Gasteiger partial charge in [-0.3, -0.25) is 9.78 Å². The summed E-state index contributed by atoms with van der Waals surface area (Å²) in [5.41, 5.74) is 5.80. The Bertz CT molecular complexity index is 672. The van der Waals surface area contributed by atoms with Gasteiger partial charge in [0.05, 0.1) is 0 Å². The third-order valence-electron chi connectivity index (χ3n) is 3.16. The molecule has 5 N–H and O–H groups in total. The van der Waals surface area contributed by atoms with Gasteiger partial charge in [-0.2, -0.15) is 4.98 Å². The summed E-state index contributed by atoms with van der Waals surface area (Å²) >= 11 is 0. The molecule has 1 aliphatic rings. The highest BCUT2D eigenvalue weighted by Gasteiger charge is 2.23. The van der Waals surface area contributed by atoms with Gasteiger partial charge in [0, 0.05) is 18.4 Å². The Morgan fingerprint density at radius 1 is 1.39 bits per heavy atom. The van der Waals surface area contributed by atoms with Gasteiger partial charge in [-0.25, -0.2) is 4.98 Å². The van der Waals surface area contributed by atoms with E-state index < -0.39 is 0 Å². The number of nitrogens with zero attached hydrogens (tertiary/aromatic N) is 2. The second-order valence-corrected chi connectivity index (χ2v) is 4.44. The van der Waals surface area contributed by atoms with Crippen molar-refractivity contribution in [3.8, 4) is 0 Å². The van der Waals surface area contributed by atoms with E-state index in [0.717, 1.165) is 6.42 Å². The standard InChI is InChI=1S/C11H13N5O2/c12-11-15-9-7(10(18)16-11)13-8(14-9)6-2-1-5(3-6)4-17/h1-2,5-6,17H,3-4H2,(H4,12,13,14,15,16,18)/t5-,6-/m1/s1. The summed E-state index contributed by atoms with van der Waals surface area (Å²) in [4.78, 5) is 25.3. The number of nitrogens with one attached hydrogen (secondary N) is 2. The maximum Gasteiger partial charge on any atom is 0.278 e. The average Bonchev–Trinajstić information content (AvgIpc) is 2.93. The summed E-state index contributed by atoms with van der Waals surface area (Å²) in [6.07, 6.45) is 4.73. The van der Waals surface area contributed by atoms with Crippen LogP contribution in [0.5, 0.6) is 0 Å². The molecule has 0 aromatic carbocycles. The largest absolute Gasteiger partial charge is 0.396 e. The van der Waals surface area contributed by atoms with Crippen LogP contribution in [-0.4, -0.2) is 31.6 Å². The van der Waals surface area contributed by atoms with Gasteiger partial charge in [0.1, 0.15) is 5.82 Å². The average molecular weight is 247 g/mol. The number of hydrogen-bond acceptors (Lipinski definition) is 5. The van der Waals surface area contributed by atoms with Crippen LogP contribution < -0.4 is 11.3 Å². The Morgan fingerprint density at radius 2 is 2.22 bits per heavy atom. The van der Waals surface area contributed by atoms with Gasteiger partial charge >= 0.3 is 0 Å². The number of anilines is 1. The molecule has 1 aliphatic carbocycles. The van der Waals surface area contributed by atoms with Crippen LogP contribution in [0.1, 0.15) is 18.2 Å². The molecule has 94 valence electrons. The van der Waals surface area contributed by atoms with Crippen LogP contribution in [0.3, 0.4) is 0 Å². The molecule has 0 radical (unpaired) electrons. The molecule has 2 aromatic rings. The highest BCUT2D eigenvalue weighted by atomic mass is 16.3. The molecular formula is C11H13N5O2. The minimum absolute atomic E-state index is 0.0562. The molecule has 2 heterocycles. The number of nitrogen functional groups attached to an aromatic ring is 1. The highest BCUT2D eigenvalue weighted by Crippen LogP contribution is 2.30. The normalized spacial score (nSPS) is 22.9. The number of allylic oxidation sites excluding steroid dienone is 1. The smallest absolute Gasteiger partial charge is 0.278 e. The molecule has 0 saturated carbocycles. The molecule has 0 aliphatic heterocycles. The van der Waals surface area contributed by atoms with Gasteiger partial charge in [0.25, 0.3) is 5.56 Å². The van der Waals surface area contributed by atoms with Crippen LogP contribution in [-0.2, 0) is 0 Å². The molecular weight excluding hydrogens is 234 g/mol. The Labute approximate surface area is 102 Å². The van der Waals surface area contributed by atoms with E-state index in [1.807, 2.05) is 12.2 Å². The van der Waals surface area contributed by atoms with E-state index in [-0.39, 0.29) is 30.0 Å². The van der Waals surface area contributed by atoms with Crippen molar-refractivity contribution in [1.29, 1.82) is 0 Å². The fourth-order valence-corrected chi connectivity index (χ4v) is 2.23. The zero-order valence-electron chi connectivity index (χ0n) is 9.55. The lowest BCUT2D eigenvalue weighted by Gasteiger charge is -2.06. The Hall–Kier alpha value is -2.15. The molecule has 3 rings (SSSR count). The number of aliphatic hydroxyl groups is 1. The number of imidazole rings is 1. The molecule has 0 fully saturated rings. The van der Waals surface area contributed by atoms with Gasteiger partial charge in [0.15, 0.2) is 11.2 Å². The second kappa shape index (κ2) is 3.95.